The smallest absolute Gasteiger partial charge is 0.308 e. The standard InChI is InChI=1S/C14H21N3O2/c1-9(2)6-10(14(18)19)7-15-13-11-4-3-5-12(11)16-8-17-13/h8-10H,3-7H2,1-2H3,(H,18,19)(H,15,16,17). The SMILES string of the molecule is CC(C)CC(CNc1ncnc2c1CCC2)C(=O)O. The lowest BCUT2D eigenvalue weighted by molar-refractivity contribution is -0.141. The van der Waals surface area contributed by atoms with Crippen LogP contribution in [0.25, 0.3) is 0 Å². The summed E-state index contributed by atoms with van der Waals surface area (Å²) in [4.78, 5) is 19.7. The quantitative estimate of drug-likeness (QED) is 0.822. The van der Waals surface area contributed by atoms with Crippen LogP contribution in [0.1, 0.15) is 37.9 Å². The second-order valence-corrected chi connectivity index (χ2v) is 5.55. The van der Waals surface area contributed by atoms with E-state index in [2.05, 4.69) is 15.3 Å². The second kappa shape index (κ2) is 5.99. The number of nitrogens with one attached hydrogen (secondary N) is 1. The van der Waals surface area contributed by atoms with E-state index in [-0.39, 0.29) is 5.92 Å². The molecule has 0 saturated heterocycles. The lowest BCUT2D eigenvalue weighted by atomic mass is 9.97. The first-order valence-corrected chi connectivity index (χ1v) is 6.87. The molecule has 0 fully saturated rings. The van der Waals surface area contributed by atoms with Crippen molar-refractivity contribution in [1.29, 1.82) is 0 Å². The van der Waals surface area contributed by atoms with Crippen LogP contribution in [-0.4, -0.2) is 27.6 Å². The first-order chi connectivity index (χ1) is 9.08. The number of carboxylic acid groups (broad SMARTS) is 1. The zero-order chi connectivity index (χ0) is 13.8. The van der Waals surface area contributed by atoms with Crippen LogP contribution < -0.4 is 5.32 Å². The number of rotatable bonds is 6. The Morgan fingerprint density at radius 2 is 2.21 bits per heavy atom. The molecular formula is C14H21N3O2. The van der Waals surface area contributed by atoms with E-state index in [0.29, 0.717) is 18.9 Å². The highest BCUT2D eigenvalue weighted by molar-refractivity contribution is 5.70. The molecule has 0 aliphatic heterocycles. The molecule has 5 heteroatoms. The normalized spacial score (nSPS) is 15.3. The van der Waals surface area contributed by atoms with E-state index in [0.717, 1.165) is 36.3 Å². The molecule has 104 valence electrons. The first kappa shape index (κ1) is 13.8. The molecule has 0 spiro atoms. The Hall–Kier alpha value is -1.65. The average Bonchev–Trinajstić information content (AvgIpc) is 2.82. The van der Waals surface area contributed by atoms with Gasteiger partial charge in [-0.05, 0) is 31.6 Å². The number of aromatic nitrogens is 2. The summed E-state index contributed by atoms with van der Waals surface area (Å²) < 4.78 is 0. The summed E-state index contributed by atoms with van der Waals surface area (Å²) >= 11 is 0. The fraction of sp³-hybridized carbons (Fsp3) is 0.643. The summed E-state index contributed by atoms with van der Waals surface area (Å²) in [6, 6.07) is 0. The molecule has 0 bridgehead atoms. The summed E-state index contributed by atoms with van der Waals surface area (Å²) in [6.07, 6.45) is 5.33. The van der Waals surface area contributed by atoms with Gasteiger partial charge in [-0.1, -0.05) is 13.8 Å². The van der Waals surface area contributed by atoms with Gasteiger partial charge in [-0.3, -0.25) is 4.79 Å². The lowest BCUT2D eigenvalue weighted by Gasteiger charge is -2.16. The van der Waals surface area contributed by atoms with Crippen LogP contribution in [0.5, 0.6) is 0 Å². The number of carbonyl (C=O) groups is 1. The number of anilines is 1. The van der Waals surface area contributed by atoms with Crippen molar-refractivity contribution in [2.24, 2.45) is 11.8 Å². The minimum Gasteiger partial charge on any atom is -0.481 e. The molecule has 2 N–H and O–H groups in total. The Kier molecular flexibility index (Phi) is 4.35. The summed E-state index contributed by atoms with van der Waals surface area (Å²) in [5.74, 6) is 0.0791. The van der Waals surface area contributed by atoms with Crippen molar-refractivity contribution in [3.05, 3.63) is 17.6 Å². The van der Waals surface area contributed by atoms with Crippen molar-refractivity contribution in [2.45, 2.75) is 39.5 Å². The summed E-state index contributed by atoms with van der Waals surface area (Å²) in [5.41, 5.74) is 2.27. The third-order valence-electron chi connectivity index (χ3n) is 3.50. The molecule has 0 saturated carbocycles. The molecule has 1 heterocycles. The molecule has 2 rings (SSSR count). The highest BCUT2D eigenvalue weighted by atomic mass is 16.4. The molecule has 1 atom stereocenters. The van der Waals surface area contributed by atoms with Crippen LogP contribution >= 0.6 is 0 Å². The number of aliphatic carboxylic acids is 1. The maximum atomic E-state index is 11.2. The summed E-state index contributed by atoms with van der Waals surface area (Å²) in [5, 5.41) is 12.4. The van der Waals surface area contributed by atoms with Crippen LogP contribution in [0, 0.1) is 11.8 Å². The van der Waals surface area contributed by atoms with Crippen molar-refractivity contribution in [2.75, 3.05) is 11.9 Å². The first-order valence-electron chi connectivity index (χ1n) is 6.87. The van der Waals surface area contributed by atoms with Crippen molar-refractivity contribution < 1.29 is 9.90 Å². The molecule has 0 aromatic carbocycles. The Bertz CT molecular complexity index is 460. The number of aryl methyl sites for hydroxylation is 1. The Morgan fingerprint density at radius 1 is 1.42 bits per heavy atom. The van der Waals surface area contributed by atoms with Crippen molar-refractivity contribution >= 4 is 11.8 Å². The van der Waals surface area contributed by atoms with Crippen LogP contribution in [0.15, 0.2) is 6.33 Å². The largest absolute Gasteiger partial charge is 0.481 e. The molecule has 1 aliphatic rings. The van der Waals surface area contributed by atoms with Gasteiger partial charge in [-0.2, -0.15) is 0 Å². The fourth-order valence-electron chi connectivity index (χ4n) is 2.57. The van der Waals surface area contributed by atoms with Crippen LogP contribution in [-0.2, 0) is 17.6 Å². The number of nitrogens with zero attached hydrogens (tertiary/aromatic N) is 2. The summed E-state index contributed by atoms with van der Waals surface area (Å²) in [7, 11) is 0. The van der Waals surface area contributed by atoms with Gasteiger partial charge < -0.3 is 10.4 Å². The Balaban J connectivity index is 2.01. The number of hydrogen-bond acceptors (Lipinski definition) is 4. The van der Waals surface area contributed by atoms with E-state index in [4.69, 9.17) is 0 Å². The molecular weight excluding hydrogens is 242 g/mol. The monoisotopic (exact) mass is 263 g/mol. The van der Waals surface area contributed by atoms with Gasteiger partial charge in [0, 0.05) is 17.8 Å². The molecule has 0 radical (unpaired) electrons. The van der Waals surface area contributed by atoms with Crippen LogP contribution in [0.4, 0.5) is 5.82 Å². The minimum absolute atomic E-state index is 0.369. The summed E-state index contributed by atoms with van der Waals surface area (Å²) in [6.45, 7) is 4.51. The number of fused-ring (bicyclic) bond motifs is 1. The third kappa shape index (κ3) is 3.43. The molecule has 0 amide bonds. The zero-order valence-corrected chi connectivity index (χ0v) is 11.5. The minimum atomic E-state index is -0.744. The van der Waals surface area contributed by atoms with Crippen molar-refractivity contribution in [1.82, 2.24) is 9.97 Å². The van der Waals surface area contributed by atoms with E-state index in [9.17, 15) is 9.90 Å². The molecule has 1 aromatic heterocycles. The zero-order valence-electron chi connectivity index (χ0n) is 11.5. The van der Waals surface area contributed by atoms with E-state index in [1.807, 2.05) is 13.8 Å². The Labute approximate surface area is 113 Å². The van der Waals surface area contributed by atoms with Gasteiger partial charge >= 0.3 is 5.97 Å². The fourth-order valence-corrected chi connectivity index (χ4v) is 2.57. The maximum Gasteiger partial charge on any atom is 0.308 e. The van der Waals surface area contributed by atoms with Gasteiger partial charge in [0.25, 0.3) is 0 Å². The maximum absolute atomic E-state index is 11.2. The highest BCUT2D eigenvalue weighted by Crippen LogP contribution is 2.25. The van der Waals surface area contributed by atoms with Gasteiger partial charge in [0.05, 0.1) is 5.92 Å². The van der Waals surface area contributed by atoms with Gasteiger partial charge in [-0.25, -0.2) is 9.97 Å². The predicted molar refractivity (Wildman–Crippen MR) is 73.1 cm³/mol. The van der Waals surface area contributed by atoms with Gasteiger partial charge in [0.15, 0.2) is 0 Å². The number of carboxylic acids is 1. The van der Waals surface area contributed by atoms with Gasteiger partial charge in [0.2, 0.25) is 0 Å². The van der Waals surface area contributed by atoms with Crippen LogP contribution in [0.3, 0.4) is 0 Å². The molecule has 5 nitrogen and oxygen atoms in total. The lowest BCUT2D eigenvalue weighted by Crippen LogP contribution is -2.25. The topological polar surface area (TPSA) is 75.1 Å². The van der Waals surface area contributed by atoms with Gasteiger partial charge in [0.1, 0.15) is 12.1 Å². The Morgan fingerprint density at radius 3 is 2.89 bits per heavy atom. The molecule has 1 aromatic rings. The molecule has 19 heavy (non-hydrogen) atoms. The van der Waals surface area contributed by atoms with E-state index < -0.39 is 5.97 Å². The predicted octanol–water partition coefficient (Wildman–Crippen LogP) is 2.12. The highest BCUT2D eigenvalue weighted by Gasteiger charge is 2.21. The average molecular weight is 263 g/mol. The number of hydrogen-bond donors (Lipinski definition) is 2. The van der Waals surface area contributed by atoms with Gasteiger partial charge in [-0.15, -0.1) is 0 Å². The third-order valence-corrected chi connectivity index (χ3v) is 3.50. The molecule has 1 aliphatic carbocycles. The van der Waals surface area contributed by atoms with Crippen LogP contribution in [0.2, 0.25) is 0 Å². The van der Waals surface area contributed by atoms with E-state index >= 15 is 0 Å². The van der Waals surface area contributed by atoms with E-state index in [1.165, 1.54) is 0 Å². The van der Waals surface area contributed by atoms with E-state index in [1.54, 1.807) is 6.33 Å². The second-order valence-electron chi connectivity index (χ2n) is 5.55. The van der Waals surface area contributed by atoms with Crippen molar-refractivity contribution in [3.63, 3.8) is 0 Å². The van der Waals surface area contributed by atoms with Crippen molar-refractivity contribution in [3.8, 4) is 0 Å². The molecule has 1 unspecified atom stereocenters.